The first-order chi connectivity index (χ1) is 7.85. The summed E-state index contributed by atoms with van der Waals surface area (Å²) < 4.78 is 10.7. The van der Waals surface area contributed by atoms with Crippen LogP contribution in [0.1, 0.15) is 51.4 Å². The predicted octanol–water partition coefficient (Wildman–Crippen LogP) is 3.25. The maximum Gasteiger partial charge on any atom is 0.324 e. The summed E-state index contributed by atoms with van der Waals surface area (Å²) in [6.45, 7) is 0. The van der Waals surface area contributed by atoms with Crippen molar-refractivity contribution >= 4 is 9.28 Å². The summed E-state index contributed by atoms with van der Waals surface area (Å²) in [5.41, 5.74) is 0.777. The zero-order valence-electron chi connectivity index (χ0n) is 10.8. The first kappa shape index (κ1) is 12.6. The van der Waals surface area contributed by atoms with Crippen LogP contribution in [0.15, 0.2) is 0 Å². The van der Waals surface area contributed by atoms with E-state index >= 15 is 0 Å². The summed E-state index contributed by atoms with van der Waals surface area (Å²) in [6, 6.07) is 0. The Kier molecular flexibility index (Phi) is 4.86. The second-order valence-corrected chi connectivity index (χ2v) is 8.19. The first-order valence-corrected chi connectivity index (χ1v) is 8.51. The van der Waals surface area contributed by atoms with Crippen molar-refractivity contribution in [3.63, 3.8) is 0 Å². The minimum Gasteiger partial charge on any atom is -0.400 e. The van der Waals surface area contributed by atoms with Gasteiger partial charge in [0, 0.05) is 14.2 Å². The molecule has 16 heavy (non-hydrogen) atoms. The summed E-state index contributed by atoms with van der Waals surface area (Å²) in [5.74, 6) is 2.46. The third-order valence-corrected chi connectivity index (χ3v) is 6.84. The highest BCUT2D eigenvalue weighted by atomic mass is 28.3. The summed E-state index contributed by atoms with van der Waals surface area (Å²) >= 11 is 0. The molecule has 3 rings (SSSR count). The molecule has 0 radical (unpaired) electrons. The minimum atomic E-state index is -1.27. The molecule has 94 valence electrons. The fourth-order valence-electron chi connectivity index (χ4n) is 3.07. The van der Waals surface area contributed by atoms with Crippen LogP contribution in [0.25, 0.3) is 0 Å². The molecule has 0 saturated heterocycles. The smallest absolute Gasteiger partial charge is 0.324 e. The molecule has 3 aliphatic rings. The van der Waals surface area contributed by atoms with Gasteiger partial charge in [-0.05, 0) is 49.5 Å². The Hall–Kier alpha value is 0.137. The normalized spacial score (nSPS) is 32.4. The Balaban J connectivity index is 0.000000156. The van der Waals surface area contributed by atoms with E-state index in [0.717, 1.165) is 5.54 Å². The van der Waals surface area contributed by atoms with E-state index in [2.05, 4.69) is 0 Å². The lowest BCUT2D eigenvalue weighted by atomic mass is 10.0. The van der Waals surface area contributed by atoms with Crippen molar-refractivity contribution in [1.82, 2.24) is 0 Å². The molecular formula is C13H26O2Si. The monoisotopic (exact) mass is 242 g/mol. The van der Waals surface area contributed by atoms with Gasteiger partial charge in [0.1, 0.15) is 0 Å². The molecule has 0 heterocycles. The van der Waals surface area contributed by atoms with Crippen LogP contribution in [-0.2, 0) is 8.85 Å². The molecular weight excluding hydrogens is 216 g/mol. The van der Waals surface area contributed by atoms with Crippen molar-refractivity contribution in [2.45, 2.75) is 56.9 Å². The lowest BCUT2D eigenvalue weighted by Gasteiger charge is -2.25. The molecule has 3 fully saturated rings. The molecule has 0 aromatic rings. The Bertz CT molecular complexity index is 188. The molecule has 3 aliphatic carbocycles. The second kappa shape index (κ2) is 6.17. The fraction of sp³-hybridized carbons (Fsp3) is 1.00. The van der Waals surface area contributed by atoms with Crippen molar-refractivity contribution in [2.75, 3.05) is 14.2 Å². The van der Waals surface area contributed by atoms with Gasteiger partial charge in [-0.2, -0.15) is 0 Å². The second-order valence-electron chi connectivity index (χ2n) is 5.57. The van der Waals surface area contributed by atoms with Gasteiger partial charge < -0.3 is 8.85 Å². The SMILES string of the molecule is C1CC2CC12.CO[SiH](OC)C1CCCCC1. The van der Waals surface area contributed by atoms with Crippen molar-refractivity contribution in [1.29, 1.82) is 0 Å². The highest BCUT2D eigenvalue weighted by Gasteiger charge is 2.44. The van der Waals surface area contributed by atoms with Crippen LogP contribution in [0.3, 0.4) is 0 Å². The van der Waals surface area contributed by atoms with E-state index in [0.29, 0.717) is 0 Å². The summed E-state index contributed by atoms with van der Waals surface area (Å²) in [7, 11) is 2.30. The predicted molar refractivity (Wildman–Crippen MR) is 68.8 cm³/mol. The average Bonchev–Trinajstić information content (AvgIpc) is 2.90. The van der Waals surface area contributed by atoms with Gasteiger partial charge in [0.25, 0.3) is 0 Å². The van der Waals surface area contributed by atoms with Crippen LogP contribution in [0.5, 0.6) is 0 Å². The summed E-state index contributed by atoms with van der Waals surface area (Å²) in [6.07, 6.45) is 11.5. The molecule has 0 aromatic heterocycles. The number of fused-ring (bicyclic) bond motifs is 1. The van der Waals surface area contributed by atoms with Crippen molar-refractivity contribution in [3.8, 4) is 0 Å². The van der Waals surface area contributed by atoms with E-state index in [1.807, 2.05) is 0 Å². The standard InChI is InChI=1S/C8H18O2Si.C5H8/c1-9-11(10-2)8-6-4-3-5-7-8;1-2-5-3-4(1)5/h8,11H,3-7H2,1-2H3;4-5H,1-3H2. The summed E-state index contributed by atoms with van der Waals surface area (Å²) in [5, 5.41) is 0. The topological polar surface area (TPSA) is 18.5 Å². The Morgan fingerprint density at radius 3 is 1.69 bits per heavy atom. The quantitative estimate of drug-likeness (QED) is 0.707. The molecule has 0 bridgehead atoms. The molecule has 0 amide bonds. The highest BCUT2D eigenvalue weighted by Crippen LogP contribution is 2.55. The lowest BCUT2D eigenvalue weighted by molar-refractivity contribution is 0.252. The fourth-order valence-corrected chi connectivity index (χ4v) is 5.05. The maximum absolute atomic E-state index is 5.36. The number of rotatable bonds is 3. The summed E-state index contributed by atoms with van der Waals surface area (Å²) in [4.78, 5) is 0. The van der Waals surface area contributed by atoms with Crippen molar-refractivity contribution in [2.24, 2.45) is 11.8 Å². The van der Waals surface area contributed by atoms with E-state index in [-0.39, 0.29) is 0 Å². The third-order valence-electron chi connectivity index (χ3n) is 4.48. The Labute approximate surface area is 102 Å². The number of hydrogen-bond acceptors (Lipinski definition) is 2. The van der Waals surface area contributed by atoms with E-state index in [9.17, 15) is 0 Å². The van der Waals surface area contributed by atoms with Crippen LogP contribution >= 0.6 is 0 Å². The van der Waals surface area contributed by atoms with E-state index in [1.165, 1.54) is 43.9 Å². The van der Waals surface area contributed by atoms with Gasteiger partial charge in [-0.3, -0.25) is 0 Å². The lowest BCUT2D eigenvalue weighted by Crippen LogP contribution is -2.27. The van der Waals surface area contributed by atoms with Crippen LogP contribution in [0.2, 0.25) is 5.54 Å². The molecule has 2 nitrogen and oxygen atoms in total. The maximum atomic E-state index is 5.36. The Morgan fingerprint density at radius 1 is 0.812 bits per heavy atom. The Morgan fingerprint density at radius 2 is 1.38 bits per heavy atom. The van der Waals surface area contributed by atoms with Gasteiger partial charge >= 0.3 is 9.28 Å². The van der Waals surface area contributed by atoms with Gasteiger partial charge in [-0.1, -0.05) is 19.3 Å². The third kappa shape index (κ3) is 3.31. The molecule has 0 spiro atoms. The van der Waals surface area contributed by atoms with Gasteiger partial charge in [-0.15, -0.1) is 0 Å². The van der Waals surface area contributed by atoms with E-state index < -0.39 is 9.28 Å². The molecule has 0 N–H and O–H groups in total. The van der Waals surface area contributed by atoms with Crippen LogP contribution < -0.4 is 0 Å². The van der Waals surface area contributed by atoms with Gasteiger partial charge in [0.2, 0.25) is 0 Å². The molecule has 3 saturated carbocycles. The first-order valence-electron chi connectivity index (χ1n) is 6.90. The zero-order valence-corrected chi connectivity index (χ0v) is 11.9. The van der Waals surface area contributed by atoms with Gasteiger partial charge in [0.15, 0.2) is 0 Å². The zero-order chi connectivity index (χ0) is 11.4. The highest BCUT2D eigenvalue weighted by molar-refractivity contribution is 6.46. The van der Waals surface area contributed by atoms with Gasteiger partial charge in [0.05, 0.1) is 0 Å². The minimum absolute atomic E-state index is 0.777. The van der Waals surface area contributed by atoms with Crippen molar-refractivity contribution < 1.29 is 8.85 Å². The van der Waals surface area contributed by atoms with Crippen LogP contribution in [0.4, 0.5) is 0 Å². The van der Waals surface area contributed by atoms with Crippen molar-refractivity contribution in [3.05, 3.63) is 0 Å². The molecule has 2 unspecified atom stereocenters. The van der Waals surface area contributed by atoms with Gasteiger partial charge in [-0.25, -0.2) is 0 Å². The molecule has 0 aromatic carbocycles. The molecule has 3 heteroatoms. The van der Waals surface area contributed by atoms with E-state index in [4.69, 9.17) is 8.85 Å². The molecule has 0 aliphatic heterocycles. The molecule has 2 atom stereocenters. The van der Waals surface area contributed by atoms with E-state index in [1.54, 1.807) is 33.5 Å². The van der Waals surface area contributed by atoms with Crippen LogP contribution in [0, 0.1) is 11.8 Å². The van der Waals surface area contributed by atoms with Crippen LogP contribution in [-0.4, -0.2) is 23.5 Å². The average molecular weight is 242 g/mol. The number of hydrogen-bond donors (Lipinski definition) is 0. The largest absolute Gasteiger partial charge is 0.400 e.